The number of carboxylic acid groups (broad SMARTS) is 2. The van der Waals surface area contributed by atoms with E-state index in [0.29, 0.717) is 50.2 Å². The number of rotatable bonds is 10. The van der Waals surface area contributed by atoms with E-state index in [2.05, 4.69) is 10.6 Å². The first-order valence-electron chi connectivity index (χ1n) is 13.1. The molecule has 3 rings (SSSR count). The molecule has 3 amide bonds. The minimum Gasteiger partial charge on any atom is -0.480 e. The number of fused-ring (bicyclic) bond motifs is 2. The number of aliphatic carboxylic acids is 2. The van der Waals surface area contributed by atoms with Crippen LogP contribution in [0.25, 0.3) is 0 Å². The molecule has 1 saturated carbocycles. The monoisotopic (exact) mass is 536 g/mol. The first-order chi connectivity index (χ1) is 17.4. The summed E-state index contributed by atoms with van der Waals surface area (Å²) in [6.07, 6.45) is 7.25. The summed E-state index contributed by atoms with van der Waals surface area (Å²) in [6.45, 7) is 0.495. The number of carbonyl (C=O) groups excluding carboxylic acids is 2. The van der Waals surface area contributed by atoms with Crippen LogP contribution in [0.15, 0.2) is 0 Å². The molecule has 3 aliphatic rings. The molecule has 0 aromatic rings. The Morgan fingerprint density at radius 1 is 0.865 bits per heavy atom. The maximum absolute atomic E-state index is 13.4. The van der Waals surface area contributed by atoms with Crippen molar-refractivity contribution in [1.82, 2.24) is 15.5 Å². The fourth-order valence-electron chi connectivity index (χ4n) is 5.54. The molecule has 212 valence electrons. The van der Waals surface area contributed by atoms with Gasteiger partial charge in [0, 0.05) is 12.1 Å². The number of nitrogens with one attached hydrogen (secondary N) is 2. The molecule has 37 heavy (non-hydrogen) atoms. The molecule has 2 bridgehead atoms. The van der Waals surface area contributed by atoms with E-state index in [1.807, 2.05) is 4.90 Å². The molecule has 10 nitrogen and oxygen atoms in total. The molecule has 2 saturated heterocycles. The van der Waals surface area contributed by atoms with Crippen LogP contribution in [-0.4, -0.2) is 75.9 Å². The standard InChI is InChI=1S/C22H38N4O4.C2HF3O2/c23-13-5-4-8-18(21(28)29)24-22(30)25-19(14-15-6-2-1-3-7-15)20(27)26-16-9-10-17(26)12-11-16;3-2(4,5)1(6)7/h15-19H,1-14,23H2,(H,28,29)(H2,24,25,30);(H,6,7)/t16?,17?,18-,19+;/m0./s1. The van der Waals surface area contributed by atoms with Crippen molar-refractivity contribution in [1.29, 1.82) is 0 Å². The number of halogens is 3. The molecule has 1 aliphatic carbocycles. The van der Waals surface area contributed by atoms with Crippen molar-refractivity contribution in [2.24, 2.45) is 11.7 Å². The Kier molecular flexibility index (Phi) is 11.9. The van der Waals surface area contributed by atoms with Gasteiger partial charge in [0.25, 0.3) is 0 Å². The lowest BCUT2D eigenvalue weighted by atomic mass is 9.84. The zero-order chi connectivity index (χ0) is 27.6. The summed E-state index contributed by atoms with van der Waals surface area (Å²) >= 11 is 0. The molecule has 2 aliphatic heterocycles. The highest BCUT2D eigenvalue weighted by molar-refractivity contribution is 5.89. The number of hydrogen-bond donors (Lipinski definition) is 5. The Morgan fingerprint density at radius 3 is 1.84 bits per heavy atom. The number of alkyl halides is 3. The molecule has 13 heteroatoms. The minimum atomic E-state index is -5.08. The van der Waals surface area contributed by atoms with Crippen LogP contribution in [0, 0.1) is 5.92 Å². The van der Waals surface area contributed by atoms with Gasteiger partial charge in [0.1, 0.15) is 12.1 Å². The molecule has 0 radical (unpaired) electrons. The van der Waals surface area contributed by atoms with Crippen LogP contribution in [0.1, 0.15) is 83.5 Å². The van der Waals surface area contributed by atoms with Gasteiger partial charge in [-0.25, -0.2) is 14.4 Å². The minimum absolute atomic E-state index is 0.0238. The lowest BCUT2D eigenvalue weighted by molar-refractivity contribution is -0.192. The fraction of sp³-hybridized carbons (Fsp3) is 0.833. The van der Waals surface area contributed by atoms with E-state index in [-0.39, 0.29) is 5.91 Å². The van der Waals surface area contributed by atoms with Gasteiger partial charge in [-0.2, -0.15) is 13.2 Å². The second-order valence-electron chi connectivity index (χ2n) is 10.1. The van der Waals surface area contributed by atoms with E-state index in [0.717, 1.165) is 38.5 Å². The molecule has 0 aromatic carbocycles. The molecule has 0 unspecified atom stereocenters. The highest BCUT2D eigenvalue weighted by Gasteiger charge is 2.44. The van der Waals surface area contributed by atoms with Crippen molar-refractivity contribution in [3.05, 3.63) is 0 Å². The number of carbonyl (C=O) groups is 4. The van der Waals surface area contributed by atoms with Crippen LogP contribution in [-0.2, 0) is 14.4 Å². The lowest BCUT2D eigenvalue weighted by Crippen LogP contribution is -2.55. The summed E-state index contributed by atoms with van der Waals surface area (Å²) < 4.78 is 31.7. The number of urea groups is 1. The number of nitrogens with zero attached hydrogens (tertiary/aromatic N) is 1. The van der Waals surface area contributed by atoms with E-state index < -0.39 is 36.2 Å². The number of unbranched alkanes of at least 4 members (excludes halogenated alkanes) is 1. The molecule has 2 atom stereocenters. The highest BCUT2D eigenvalue weighted by Crippen LogP contribution is 2.38. The van der Waals surface area contributed by atoms with Crippen LogP contribution in [0.5, 0.6) is 0 Å². The maximum Gasteiger partial charge on any atom is 0.490 e. The normalized spacial score (nSPS) is 23.0. The summed E-state index contributed by atoms with van der Waals surface area (Å²) in [5.41, 5.74) is 5.48. The van der Waals surface area contributed by atoms with Crippen molar-refractivity contribution >= 4 is 23.9 Å². The molecule has 0 aromatic heterocycles. The van der Waals surface area contributed by atoms with Crippen LogP contribution in [0.2, 0.25) is 0 Å². The summed E-state index contributed by atoms with van der Waals surface area (Å²) in [5, 5.41) is 22.0. The number of hydrogen-bond acceptors (Lipinski definition) is 5. The first kappa shape index (κ1) is 30.7. The Balaban J connectivity index is 0.000000604. The average molecular weight is 537 g/mol. The third-order valence-corrected chi connectivity index (χ3v) is 7.40. The summed E-state index contributed by atoms with van der Waals surface area (Å²) in [6, 6.07) is -1.48. The molecular weight excluding hydrogens is 497 g/mol. The Labute approximate surface area is 214 Å². The van der Waals surface area contributed by atoms with Crippen molar-refractivity contribution in [2.75, 3.05) is 6.54 Å². The SMILES string of the molecule is NCCCC[C@H](NC(=O)N[C@H](CC1CCCCC1)C(=O)N1C2CCC1CC2)C(=O)O.O=C(O)C(F)(F)F. The van der Waals surface area contributed by atoms with Gasteiger partial charge in [-0.1, -0.05) is 32.1 Å². The van der Waals surface area contributed by atoms with E-state index >= 15 is 0 Å². The van der Waals surface area contributed by atoms with Crippen molar-refractivity contribution in [2.45, 2.75) is 114 Å². The predicted molar refractivity (Wildman–Crippen MR) is 128 cm³/mol. The lowest BCUT2D eigenvalue weighted by Gasteiger charge is -2.31. The Hall–Kier alpha value is -2.57. The van der Waals surface area contributed by atoms with Crippen molar-refractivity contribution < 1.29 is 42.6 Å². The average Bonchev–Trinajstić information content (AvgIpc) is 3.44. The number of carboxylic acids is 2. The smallest absolute Gasteiger partial charge is 0.480 e. The van der Waals surface area contributed by atoms with E-state index in [9.17, 15) is 32.7 Å². The molecule has 6 N–H and O–H groups in total. The highest BCUT2D eigenvalue weighted by atomic mass is 19.4. The third-order valence-electron chi connectivity index (χ3n) is 7.40. The van der Waals surface area contributed by atoms with Gasteiger partial charge in [-0.05, 0) is 63.8 Å². The molecule has 0 spiro atoms. The van der Waals surface area contributed by atoms with E-state index in [1.54, 1.807) is 0 Å². The zero-order valence-electron chi connectivity index (χ0n) is 21.0. The van der Waals surface area contributed by atoms with Gasteiger partial charge < -0.3 is 31.5 Å². The van der Waals surface area contributed by atoms with Crippen LogP contribution in [0.3, 0.4) is 0 Å². The number of nitrogens with two attached hydrogens (primary N) is 1. The third kappa shape index (κ3) is 9.67. The largest absolute Gasteiger partial charge is 0.490 e. The quantitative estimate of drug-likeness (QED) is 0.268. The second-order valence-corrected chi connectivity index (χ2v) is 10.1. The van der Waals surface area contributed by atoms with Crippen molar-refractivity contribution in [3.8, 4) is 0 Å². The Bertz CT molecular complexity index is 771. The van der Waals surface area contributed by atoms with Gasteiger partial charge in [-0.15, -0.1) is 0 Å². The Morgan fingerprint density at radius 2 is 1.38 bits per heavy atom. The fourth-order valence-corrected chi connectivity index (χ4v) is 5.54. The van der Waals surface area contributed by atoms with Gasteiger partial charge in [0.2, 0.25) is 5.91 Å². The van der Waals surface area contributed by atoms with Crippen LogP contribution >= 0.6 is 0 Å². The number of amides is 3. The van der Waals surface area contributed by atoms with Gasteiger partial charge in [-0.3, -0.25) is 4.79 Å². The first-order valence-corrected chi connectivity index (χ1v) is 13.1. The summed E-state index contributed by atoms with van der Waals surface area (Å²) in [7, 11) is 0. The topological polar surface area (TPSA) is 162 Å². The van der Waals surface area contributed by atoms with Crippen LogP contribution < -0.4 is 16.4 Å². The second kappa shape index (κ2) is 14.4. The maximum atomic E-state index is 13.4. The summed E-state index contributed by atoms with van der Waals surface area (Å²) in [4.78, 5) is 48.5. The van der Waals surface area contributed by atoms with Gasteiger partial charge >= 0.3 is 24.1 Å². The molecule has 3 fully saturated rings. The van der Waals surface area contributed by atoms with E-state index in [1.165, 1.54) is 19.3 Å². The predicted octanol–water partition coefficient (Wildman–Crippen LogP) is 2.99. The molecule has 2 heterocycles. The van der Waals surface area contributed by atoms with Crippen molar-refractivity contribution in [3.63, 3.8) is 0 Å². The van der Waals surface area contributed by atoms with Gasteiger partial charge in [0.15, 0.2) is 0 Å². The van der Waals surface area contributed by atoms with E-state index in [4.69, 9.17) is 15.6 Å². The van der Waals surface area contributed by atoms with Crippen LogP contribution in [0.4, 0.5) is 18.0 Å². The zero-order valence-corrected chi connectivity index (χ0v) is 21.0. The van der Waals surface area contributed by atoms with Gasteiger partial charge in [0.05, 0.1) is 0 Å². The summed E-state index contributed by atoms with van der Waals surface area (Å²) in [5.74, 6) is -3.36. The molecular formula is C24H39F3N4O6.